The Morgan fingerprint density at radius 1 is 1.44 bits per heavy atom. The van der Waals surface area contributed by atoms with E-state index in [1.54, 1.807) is 0 Å². The maximum atomic E-state index is 10.8. The van der Waals surface area contributed by atoms with Crippen LogP contribution in [0.5, 0.6) is 0 Å². The number of aromatic nitrogens is 2. The molecule has 16 heavy (non-hydrogen) atoms. The molecule has 0 aliphatic rings. The number of carbonyl (C=O) groups is 1. The number of aromatic amines is 1. The predicted molar refractivity (Wildman–Crippen MR) is 61.7 cm³/mol. The Bertz CT molecular complexity index is 516. The quantitative estimate of drug-likeness (QED) is 0.736. The zero-order valence-electron chi connectivity index (χ0n) is 9.36. The number of nitrogens with zero attached hydrogens (tertiary/aromatic N) is 1. The van der Waals surface area contributed by atoms with Gasteiger partial charge in [-0.15, -0.1) is 0 Å². The molecule has 1 heterocycles. The smallest absolute Gasteiger partial charge is 0.254 e. The summed E-state index contributed by atoms with van der Waals surface area (Å²) in [6.45, 7) is 2.73. The van der Waals surface area contributed by atoms with E-state index in [1.807, 2.05) is 24.3 Å². The van der Waals surface area contributed by atoms with E-state index in [9.17, 15) is 4.79 Å². The van der Waals surface area contributed by atoms with Crippen LogP contribution in [0.2, 0.25) is 0 Å². The lowest BCUT2D eigenvalue weighted by molar-refractivity contribution is -0.677. The topological polar surface area (TPSA) is 62.8 Å². The van der Waals surface area contributed by atoms with Gasteiger partial charge in [-0.3, -0.25) is 4.79 Å². The van der Waals surface area contributed by atoms with Gasteiger partial charge < -0.3 is 5.73 Å². The highest BCUT2D eigenvalue weighted by atomic mass is 16.1. The van der Waals surface area contributed by atoms with E-state index >= 15 is 0 Å². The van der Waals surface area contributed by atoms with Gasteiger partial charge >= 0.3 is 0 Å². The summed E-state index contributed by atoms with van der Waals surface area (Å²) in [6.07, 6.45) is 1.28. The second-order valence-electron chi connectivity index (χ2n) is 3.81. The average Bonchev–Trinajstić information content (AvgIpc) is 2.64. The summed E-state index contributed by atoms with van der Waals surface area (Å²) in [5.74, 6) is 0.863. The zero-order chi connectivity index (χ0) is 11.5. The van der Waals surface area contributed by atoms with Crippen LogP contribution >= 0.6 is 0 Å². The van der Waals surface area contributed by atoms with Gasteiger partial charge in [0.25, 0.3) is 5.82 Å². The summed E-state index contributed by atoms with van der Waals surface area (Å²) < 4.78 is 2.13. The van der Waals surface area contributed by atoms with Crippen LogP contribution in [-0.4, -0.2) is 10.9 Å². The molecule has 2 aromatic rings. The maximum Gasteiger partial charge on any atom is 0.254 e. The van der Waals surface area contributed by atoms with Crippen LogP contribution in [-0.2, 0) is 17.8 Å². The number of amides is 1. The van der Waals surface area contributed by atoms with Crippen LogP contribution < -0.4 is 10.3 Å². The highest BCUT2D eigenvalue weighted by molar-refractivity contribution is 5.74. The third kappa shape index (κ3) is 1.91. The standard InChI is InChI=1S/C12H15N3O/c1-2-12-14-9-5-3-4-6-10(9)15(12)8-7-11(13)16/h3-6H,2,7-8H2,1H3,(H2,13,16)/p+1. The first-order valence-corrected chi connectivity index (χ1v) is 5.50. The van der Waals surface area contributed by atoms with Gasteiger partial charge in [0.15, 0.2) is 11.0 Å². The number of para-hydroxylation sites is 2. The maximum absolute atomic E-state index is 10.8. The fourth-order valence-corrected chi connectivity index (χ4v) is 1.94. The number of fused-ring (bicyclic) bond motifs is 1. The van der Waals surface area contributed by atoms with E-state index < -0.39 is 0 Å². The number of rotatable bonds is 4. The molecule has 0 bridgehead atoms. The molecule has 0 spiro atoms. The summed E-state index contributed by atoms with van der Waals surface area (Å²) in [5, 5.41) is 0. The molecule has 0 radical (unpaired) electrons. The van der Waals surface area contributed by atoms with Gasteiger partial charge in [0, 0.05) is 6.42 Å². The van der Waals surface area contributed by atoms with Crippen molar-refractivity contribution < 1.29 is 9.36 Å². The lowest BCUT2D eigenvalue weighted by Crippen LogP contribution is -2.38. The molecule has 1 aromatic carbocycles. The van der Waals surface area contributed by atoms with Gasteiger partial charge in [-0.05, 0) is 12.1 Å². The molecule has 0 saturated heterocycles. The van der Waals surface area contributed by atoms with Gasteiger partial charge in [-0.25, -0.2) is 9.55 Å². The summed E-state index contributed by atoms with van der Waals surface area (Å²) >= 11 is 0. The molecule has 0 unspecified atom stereocenters. The molecule has 0 aliphatic heterocycles. The molecule has 0 atom stereocenters. The Morgan fingerprint density at radius 3 is 2.88 bits per heavy atom. The predicted octanol–water partition coefficient (Wildman–Crippen LogP) is 0.893. The molecular weight excluding hydrogens is 202 g/mol. The number of imidazole rings is 1. The normalized spacial score (nSPS) is 10.8. The van der Waals surface area contributed by atoms with Crippen molar-refractivity contribution in [2.75, 3.05) is 0 Å². The second kappa shape index (κ2) is 4.35. The van der Waals surface area contributed by atoms with Crippen molar-refractivity contribution in [3.63, 3.8) is 0 Å². The van der Waals surface area contributed by atoms with Crippen molar-refractivity contribution in [1.29, 1.82) is 0 Å². The number of carbonyl (C=O) groups excluding carboxylic acids is 1. The van der Waals surface area contributed by atoms with E-state index in [0.29, 0.717) is 13.0 Å². The highest BCUT2D eigenvalue weighted by Gasteiger charge is 2.16. The van der Waals surface area contributed by atoms with Gasteiger partial charge in [0.1, 0.15) is 0 Å². The third-order valence-electron chi connectivity index (χ3n) is 2.72. The lowest BCUT2D eigenvalue weighted by Gasteiger charge is -1.98. The fourth-order valence-electron chi connectivity index (χ4n) is 1.94. The van der Waals surface area contributed by atoms with E-state index in [2.05, 4.69) is 16.5 Å². The number of nitrogens with two attached hydrogens (primary N) is 1. The summed E-state index contributed by atoms with van der Waals surface area (Å²) in [4.78, 5) is 14.2. The zero-order valence-corrected chi connectivity index (χ0v) is 9.36. The Hall–Kier alpha value is -1.84. The molecule has 84 valence electrons. The number of hydrogen-bond acceptors (Lipinski definition) is 1. The molecular formula is C12H16N3O+. The summed E-state index contributed by atoms with van der Waals surface area (Å²) in [5.41, 5.74) is 7.41. The fraction of sp³-hybridized carbons (Fsp3) is 0.333. The van der Waals surface area contributed by atoms with Crippen LogP contribution in [0.3, 0.4) is 0 Å². The first-order chi connectivity index (χ1) is 7.72. The van der Waals surface area contributed by atoms with Crippen LogP contribution in [0, 0.1) is 0 Å². The number of primary amides is 1. The van der Waals surface area contributed by atoms with Crippen LogP contribution in [0.4, 0.5) is 0 Å². The summed E-state index contributed by atoms with van der Waals surface area (Å²) in [6, 6.07) is 8.08. The second-order valence-corrected chi connectivity index (χ2v) is 3.81. The van der Waals surface area contributed by atoms with Gasteiger partial charge in [0.2, 0.25) is 5.91 Å². The van der Waals surface area contributed by atoms with Gasteiger partial charge in [-0.2, -0.15) is 0 Å². The van der Waals surface area contributed by atoms with E-state index in [-0.39, 0.29) is 5.91 Å². The SMILES string of the molecule is CCc1[nH]c2ccccc2[n+]1CCC(N)=O. The monoisotopic (exact) mass is 218 g/mol. The highest BCUT2D eigenvalue weighted by Crippen LogP contribution is 2.09. The molecule has 4 nitrogen and oxygen atoms in total. The Labute approximate surface area is 94.1 Å². The van der Waals surface area contributed by atoms with E-state index in [0.717, 1.165) is 23.3 Å². The minimum atomic E-state index is -0.264. The van der Waals surface area contributed by atoms with Crippen LogP contribution in [0.15, 0.2) is 24.3 Å². The Balaban J connectivity index is 2.43. The minimum Gasteiger partial charge on any atom is -0.370 e. The van der Waals surface area contributed by atoms with Gasteiger partial charge in [-0.1, -0.05) is 19.1 Å². The van der Waals surface area contributed by atoms with Crippen molar-refractivity contribution in [2.45, 2.75) is 26.3 Å². The molecule has 1 aromatic heterocycles. The van der Waals surface area contributed by atoms with Crippen LogP contribution in [0.25, 0.3) is 11.0 Å². The minimum absolute atomic E-state index is 0.264. The number of H-pyrrole nitrogens is 1. The number of aryl methyl sites for hydroxylation is 2. The number of hydrogen-bond donors (Lipinski definition) is 2. The Kier molecular flexibility index (Phi) is 2.90. The van der Waals surface area contributed by atoms with Crippen molar-refractivity contribution in [2.24, 2.45) is 5.73 Å². The van der Waals surface area contributed by atoms with Gasteiger partial charge in [0.05, 0.1) is 13.0 Å². The van der Waals surface area contributed by atoms with Crippen molar-refractivity contribution >= 4 is 16.9 Å². The molecule has 2 rings (SSSR count). The largest absolute Gasteiger partial charge is 0.370 e. The Morgan fingerprint density at radius 2 is 2.19 bits per heavy atom. The third-order valence-corrected chi connectivity index (χ3v) is 2.72. The molecule has 3 N–H and O–H groups in total. The van der Waals surface area contributed by atoms with Crippen LogP contribution in [0.1, 0.15) is 19.2 Å². The average molecular weight is 218 g/mol. The molecule has 0 fully saturated rings. The summed E-state index contributed by atoms with van der Waals surface area (Å²) in [7, 11) is 0. The number of benzene rings is 1. The first-order valence-electron chi connectivity index (χ1n) is 5.50. The van der Waals surface area contributed by atoms with Crippen molar-refractivity contribution in [1.82, 2.24) is 4.98 Å². The first kappa shape index (κ1) is 10.7. The molecule has 0 aliphatic carbocycles. The number of nitrogens with one attached hydrogen (secondary N) is 1. The van der Waals surface area contributed by atoms with E-state index in [1.165, 1.54) is 0 Å². The van der Waals surface area contributed by atoms with Crippen molar-refractivity contribution in [3.8, 4) is 0 Å². The van der Waals surface area contributed by atoms with E-state index in [4.69, 9.17) is 5.73 Å². The molecule has 1 amide bonds. The lowest BCUT2D eigenvalue weighted by atomic mass is 10.3. The molecule has 4 heteroatoms. The van der Waals surface area contributed by atoms with Crippen molar-refractivity contribution in [3.05, 3.63) is 30.1 Å². The molecule has 0 saturated carbocycles.